The molecule has 0 saturated heterocycles. The molecule has 0 heterocycles. The summed E-state index contributed by atoms with van der Waals surface area (Å²) in [7, 11) is -3.87. The summed E-state index contributed by atoms with van der Waals surface area (Å²) in [6.45, 7) is 3.35. The van der Waals surface area contributed by atoms with E-state index in [9.17, 15) is 8.42 Å². The van der Waals surface area contributed by atoms with Gasteiger partial charge in [0.25, 0.3) is 0 Å². The second-order valence-electron chi connectivity index (χ2n) is 4.85. The highest BCUT2D eigenvalue weighted by Gasteiger charge is 2.25. The molecule has 0 bridgehead atoms. The SMILES string of the molecule is CC(C)(CO)CNS(=O)(=O)c1c(Cl)cc(Cl)cc1Cl. The summed E-state index contributed by atoms with van der Waals surface area (Å²) >= 11 is 17.5. The number of nitrogens with one attached hydrogen (secondary N) is 1. The lowest BCUT2D eigenvalue weighted by Crippen LogP contribution is -2.36. The van der Waals surface area contributed by atoms with Crippen LogP contribution >= 0.6 is 34.8 Å². The van der Waals surface area contributed by atoms with Gasteiger partial charge >= 0.3 is 0 Å². The third kappa shape index (κ3) is 4.48. The molecule has 0 aliphatic carbocycles. The third-order valence-corrected chi connectivity index (χ3v) is 4.94. The van der Waals surface area contributed by atoms with E-state index in [0.717, 1.165) is 0 Å². The molecule has 4 nitrogen and oxygen atoms in total. The predicted octanol–water partition coefficient (Wildman–Crippen LogP) is 2.94. The molecule has 0 amide bonds. The molecule has 0 fully saturated rings. The average Bonchev–Trinajstić information content (AvgIpc) is 2.25. The van der Waals surface area contributed by atoms with Gasteiger partial charge in [-0.1, -0.05) is 48.7 Å². The molecule has 0 spiro atoms. The highest BCUT2D eigenvalue weighted by atomic mass is 35.5. The van der Waals surface area contributed by atoms with Gasteiger partial charge in [-0.2, -0.15) is 0 Å². The molecular weight excluding hydrogens is 333 g/mol. The fraction of sp³-hybridized carbons (Fsp3) is 0.455. The number of hydrogen-bond acceptors (Lipinski definition) is 3. The summed E-state index contributed by atoms with van der Waals surface area (Å²) in [5.74, 6) is 0. The molecule has 0 atom stereocenters. The molecule has 1 rings (SSSR count). The minimum Gasteiger partial charge on any atom is -0.396 e. The Kier molecular flexibility index (Phi) is 5.52. The first-order valence-corrected chi connectivity index (χ1v) is 7.96. The van der Waals surface area contributed by atoms with Crippen LogP contribution in [-0.2, 0) is 10.0 Å². The van der Waals surface area contributed by atoms with E-state index in [-0.39, 0.29) is 33.1 Å². The Morgan fingerprint density at radius 3 is 2.11 bits per heavy atom. The lowest BCUT2D eigenvalue weighted by molar-refractivity contribution is 0.163. The van der Waals surface area contributed by atoms with Crippen molar-refractivity contribution in [2.24, 2.45) is 5.41 Å². The van der Waals surface area contributed by atoms with Gasteiger partial charge in [-0.15, -0.1) is 0 Å². The lowest BCUT2D eigenvalue weighted by Gasteiger charge is -2.22. The number of rotatable bonds is 5. The van der Waals surface area contributed by atoms with E-state index in [4.69, 9.17) is 39.9 Å². The topological polar surface area (TPSA) is 66.4 Å². The highest BCUT2D eigenvalue weighted by molar-refractivity contribution is 7.89. The first kappa shape index (κ1) is 17.0. The number of aliphatic hydroxyl groups is 1. The van der Waals surface area contributed by atoms with E-state index < -0.39 is 15.4 Å². The Bertz CT molecular complexity index is 550. The zero-order chi connectivity index (χ0) is 14.8. The van der Waals surface area contributed by atoms with Gasteiger partial charge < -0.3 is 5.11 Å². The molecule has 0 radical (unpaired) electrons. The van der Waals surface area contributed by atoms with Crippen molar-refractivity contribution in [2.45, 2.75) is 18.7 Å². The van der Waals surface area contributed by atoms with Crippen LogP contribution in [0.5, 0.6) is 0 Å². The average molecular weight is 347 g/mol. The Morgan fingerprint density at radius 2 is 1.68 bits per heavy atom. The van der Waals surface area contributed by atoms with Crippen LogP contribution in [0, 0.1) is 5.41 Å². The summed E-state index contributed by atoms with van der Waals surface area (Å²) in [6.07, 6.45) is 0. The lowest BCUT2D eigenvalue weighted by atomic mass is 9.96. The summed E-state index contributed by atoms with van der Waals surface area (Å²) in [5, 5.41) is 9.26. The fourth-order valence-electron chi connectivity index (χ4n) is 1.20. The first-order valence-electron chi connectivity index (χ1n) is 5.34. The molecule has 1 aromatic carbocycles. The zero-order valence-corrected chi connectivity index (χ0v) is 13.5. The molecular formula is C11H14Cl3NO3S. The highest BCUT2D eigenvalue weighted by Crippen LogP contribution is 2.32. The minimum atomic E-state index is -3.87. The van der Waals surface area contributed by atoms with E-state index >= 15 is 0 Å². The maximum absolute atomic E-state index is 12.1. The molecule has 19 heavy (non-hydrogen) atoms. The van der Waals surface area contributed by atoms with Crippen molar-refractivity contribution in [3.05, 3.63) is 27.2 Å². The van der Waals surface area contributed by atoms with Crippen LogP contribution < -0.4 is 4.72 Å². The van der Waals surface area contributed by atoms with Gasteiger partial charge in [0.1, 0.15) is 4.90 Å². The predicted molar refractivity (Wildman–Crippen MR) is 77.5 cm³/mol. The normalized spacial score (nSPS) is 12.7. The van der Waals surface area contributed by atoms with Gasteiger partial charge in [0.15, 0.2) is 0 Å². The molecule has 2 N–H and O–H groups in total. The Morgan fingerprint density at radius 1 is 1.21 bits per heavy atom. The summed E-state index contributed by atoms with van der Waals surface area (Å²) < 4.78 is 26.7. The van der Waals surface area contributed by atoms with Gasteiger partial charge in [0.2, 0.25) is 10.0 Å². The van der Waals surface area contributed by atoms with Crippen LogP contribution in [0.4, 0.5) is 0 Å². The Hall–Kier alpha value is -0.0400. The van der Waals surface area contributed by atoms with Gasteiger partial charge in [0.05, 0.1) is 10.0 Å². The van der Waals surface area contributed by atoms with Gasteiger partial charge in [-0.3, -0.25) is 0 Å². The fourth-order valence-corrected chi connectivity index (χ4v) is 3.99. The largest absolute Gasteiger partial charge is 0.396 e. The van der Waals surface area contributed by atoms with Crippen molar-refractivity contribution in [1.82, 2.24) is 4.72 Å². The molecule has 0 aromatic heterocycles. The third-order valence-electron chi connectivity index (χ3n) is 2.40. The van der Waals surface area contributed by atoms with Crippen LogP contribution in [-0.4, -0.2) is 26.7 Å². The van der Waals surface area contributed by atoms with Crippen molar-refractivity contribution in [1.29, 1.82) is 0 Å². The van der Waals surface area contributed by atoms with Gasteiger partial charge in [-0.25, -0.2) is 13.1 Å². The van der Waals surface area contributed by atoms with E-state index in [0.29, 0.717) is 0 Å². The van der Waals surface area contributed by atoms with Crippen molar-refractivity contribution < 1.29 is 13.5 Å². The number of halogens is 3. The second kappa shape index (κ2) is 6.16. The number of hydrogen-bond donors (Lipinski definition) is 2. The van der Waals surface area contributed by atoms with Gasteiger partial charge in [0, 0.05) is 23.6 Å². The quantitative estimate of drug-likeness (QED) is 0.861. The van der Waals surface area contributed by atoms with E-state index in [1.165, 1.54) is 12.1 Å². The second-order valence-corrected chi connectivity index (χ2v) is 7.80. The number of aliphatic hydroxyl groups excluding tert-OH is 1. The molecule has 8 heteroatoms. The zero-order valence-electron chi connectivity index (χ0n) is 10.4. The summed E-state index contributed by atoms with van der Waals surface area (Å²) in [6, 6.07) is 2.61. The molecule has 0 unspecified atom stereocenters. The number of sulfonamides is 1. The summed E-state index contributed by atoms with van der Waals surface area (Å²) in [4.78, 5) is -0.214. The Balaban J connectivity index is 3.09. The standard InChI is InChI=1S/C11H14Cl3NO3S/c1-11(2,6-16)5-15-19(17,18)10-8(13)3-7(12)4-9(10)14/h3-4,15-16H,5-6H2,1-2H3. The van der Waals surface area contributed by atoms with Crippen molar-refractivity contribution >= 4 is 44.8 Å². The van der Waals surface area contributed by atoms with E-state index in [1.807, 2.05) is 0 Å². The monoisotopic (exact) mass is 345 g/mol. The maximum atomic E-state index is 12.1. The molecule has 0 aliphatic rings. The molecule has 0 saturated carbocycles. The van der Waals surface area contributed by atoms with Crippen molar-refractivity contribution in [3.63, 3.8) is 0 Å². The first-order chi connectivity index (χ1) is 8.59. The maximum Gasteiger partial charge on any atom is 0.243 e. The van der Waals surface area contributed by atoms with Crippen LogP contribution in [0.25, 0.3) is 0 Å². The van der Waals surface area contributed by atoms with E-state index in [2.05, 4.69) is 4.72 Å². The number of benzene rings is 1. The Labute approximate surface area is 127 Å². The van der Waals surface area contributed by atoms with Crippen LogP contribution in [0.15, 0.2) is 17.0 Å². The minimum absolute atomic E-state index is 0.0493. The van der Waals surface area contributed by atoms with Crippen LogP contribution in [0.2, 0.25) is 15.1 Å². The molecule has 108 valence electrons. The van der Waals surface area contributed by atoms with Crippen molar-refractivity contribution in [2.75, 3.05) is 13.2 Å². The van der Waals surface area contributed by atoms with E-state index in [1.54, 1.807) is 13.8 Å². The smallest absolute Gasteiger partial charge is 0.243 e. The van der Waals surface area contributed by atoms with Crippen molar-refractivity contribution in [3.8, 4) is 0 Å². The molecule has 1 aromatic rings. The molecule has 0 aliphatic heterocycles. The van der Waals surface area contributed by atoms with Crippen LogP contribution in [0.3, 0.4) is 0 Å². The summed E-state index contributed by atoms with van der Waals surface area (Å²) in [5.41, 5.74) is -0.585. The van der Waals surface area contributed by atoms with Gasteiger partial charge in [-0.05, 0) is 12.1 Å². The van der Waals surface area contributed by atoms with Crippen LogP contribution in [0.1, 0.15) is 13.8 Å².